The van der Waals surface area contributed by atoms with Gasteiger partial charge in [0, 0.05) is 12.6 Å². The van der Waals surface area contributed by atoms with E-state index in [1.165, 1.54) is 0 Å². The average Bonchev–Trinajstić information content (AvgIpc) is 2.38. The van der Waals surface area contributed by atoms with Gasteiger partial charge in [0.25, 0.3) is 0 Å². The molecule has 1 unspecified atom stereocenters. The van der Waals surface area contributed by atoms with Gasteiger partial charge in [-0.3, -0.25) is 0 Å². The Bertz CT molecular complexity index is 407. The molecule has 4 heteroatoms. The van der Waals surface area contributed by atoms with Crippen LogP contribution in [0.15, 0.2) is 18.2 Å². The molecule has 0 heterocycles. The Kier molecular flexibility index (Phi) is 5.63. The highest BCUT2D eigenvalue weighted by molar-refractivity contribution is 5.41. The Labute approximate surface area is 116 Å². The van der Waals surface area contributed by atoms with E-state index in [4.69, 9.17) is 15.2 Å². The third-order valence-electron chi connectivity index (χ3n) is 3.30. The van der Waals surface area contributed by atoms with Gasteiger partial charge in [-0.1, -0.05) is 13.0 Å². The standard InChI is InChI=1S/C15H26N2O2/c1-15(10-16,11-17(2)3)9-12-6-7-13(18-4)8-14(12)19-5/h6-8H,9-11,16H2,1-5H3. The first kappa shape index (κ1) is 15.8. The molecule has 19 heavy (non-hydrogen) atoms. The molecule has 0 radical (unpaired) electrons. The highest BCUT2D eigenvalue weighted by atomic mass is 16.5. The third kappa shape index (κ3) is 4.40. The van der Waals surface area contributed by atoms with Crippen LogP contribution in [0.3, 0.4) is 0 Å². The Hall–Kier alpha value is -1.26. The summed E-state index contributed by atoms with van der Waals surface area (Å²) in [7, 11) is 7.48. The van der Waals surface area contributed by atoms with Gasteiger partial charge in [-0.2, -0.15) is 0 Å². The number of nitrogens with two attached hydrogens (primary N) is 1. The molecule has 1 rings (SSSR count). The van der Waals surface area contributed by atoms with E-state index in [0.29, 0.717) is 6.54 Å². The highest BCUT2D eigenvalue weighted by Gasteiger charge is 2.25. The Morgan fingerprint density at radius 2 is 1.89 bits per heavy atom. The first-order chi connectivity index (χ1) is 8.94. The summed E-state index contributed by atoms with van der Waals surface area (Å²) in [6, 6.07) is 5.94. The first-order valence-electron chi connectivity index (χ1n) is 6.50. The monoisotopic (exact) mass is 266 g/mol. The molecule has 0 amide bonds. The molecule has 0 bridgehead atoms. The van der Waals surface area contributed by atoms with E-state index in [0.717, 1.165) is 30.0 Å². The largest absolute Gasteiger partial charge is 0.497 e. The van der Waals surface area contributed by atoms with Crippen molar-refractivity contribution in [1.29, 1.82) is 0 Å². The van der Waals surface area contributed by atoms with Crippen molar-refractivity contribution in [2.45, 2.75) is 13.3 Å². The van der Waals surface area contributed by atoms with Crippen LogP contribution in [0.4, 0.5) is 0 Å². The van der Waals surface area contributed by atoms with E-state index < -0.39 is 0 Å². The molecule has 0 spiro atoms. The molecule has 0 aliphatic carbocycles. The fourth-order valence-electron chi connectivity index (χ4n) is 2.41. The van der Waals surface area contributed by atoms with Crippen LogP contribution in [-0.4, -0.2) is 46.3 Å². The first-order valence-corrected chi connectivity index (χ1v) is 6.50. The second kappa shape index (κ2) is 6.78. The second-order valence-corrected chi connectivity index (χ2v) is 5.61. The minimum atomic E-state index is 0.0331. The zero-order valence-corrected chi connectivity index (χ0v) is 12.7. The van der Waals surface area contributed by atoms with Gasteiger partial charge in [-0.05, 0) is 44.1 Å². The molecule has 0 aliphatic rings. The molecule has 108 valence electrons. The minimum absolute atomic E-state index is 0.0331. The Balaban J connectivity index is 2.96. The predicted molar refractivity (Wildman–Crippen MR) is 79.0 cm³/mol. The average molecular weight is 266 g/mol. The van der Waals surface area contributed by atoms with Gasteiger partial charge < -0.3 is 20.1 Å². The molecule has 1 aromatic carbocycles. The van der Waals surface area contributed by atoms with Gasteiger partial charge in [0.15, 0.2) is 0 Å². The molecule has 4 nitrogen and oxygen atoms in total. The van der Waals surface area contributed by atoms with Crippen molar-refractivity contribution in [3.05, 3.63) is 23.8 Å². The summed E-state index contributed by atoms with van der Waals surface area (Å²) in [6.45, 7) is 3.79. The number of ether oxygens (including phenoxy) is 2. The second-order valence-electron chi connectivity index (χ2n) is 5.61. The summed E-state index contributed by atoms with van der Waals surface area (Å²) in [6.07, 6.45) is 0.884. The fourth-order valence-corrected chi connectivity index (χ4v) is 2.41. The Morgan fingerprint density at radius 3 is 2.37 bits per heavy atom. The van der Waals surface area contributed by atoms with E-state index in [9.17, 15) is 0 Å². The van der Waals surface area contributed by atoms with Crippen LogP contribution in [0.5, 0.6) is 11.5 Å². The molecule has 0 aliphatic heterocycles. The summed E-state index contributed by atoms with van der Waals surface area (Å²) in [5.41, 5.74) is 7.16. The minimum Gasteiger partial charge on any atom is -0.497 e. The lowest BCUT2D eigenvalue weighted by molar-refractivity contribution is 0.222. The number of benzene rings is 1. The van der Waals surface area contributed by atoms with Crippen molar-refractivity contribution in [3.8, 4) is 11.5 Å². The van der Waals surface area contributed by atoms with Crippen LogP contribution < -0.4 is 15.2 Å². The zero-order valence-electron chi connectivity index (χ0n) is 12.7. The molecule has 0 saturated heterocycles. The maximum atomic E-state index is 5.96. The van der Waals surface area contributed by atoms with Gasteiger partial charge in [0.1, 0.15) is 11.5 Å². The molecular formula is C15H26N2O2. The van der Waals surface area contributed by atoms with E-state index in [2.05, 4.69) is 32.0 Å². The number of rotatable bonds is 7. The quantitative estimate of drug-likeness (QED) is 0.817. The molecule has 0 fully saturated rings. The summed E-state index contributed by atoms with van der Waals surface area (Å²) in [4.78, 5) is 2.17. The number of methoxy groups -OCH3 is 2. The van der Waals surface area contributed by atoms with E-state index >= 15 is 0 Å². The third-order valence-corrected chi connectivity index (χ3v) is 3.30. The Morgan fingerprint density at radius 1 is 1.21 bits per heavy atom. The SMILES string of the molecule is COc1ccc(CC(C)(CN)CN(C)C)c(OC)c1. The molecule has 2 N–H and O–H groups in total. The lowest BCUT2D eigenvalue weighted by atomic mass is 9.83. The van der Waals surface area contributed by atoms with Crippen molar-refractivity contribution < 1.29 is 9.47 Å². The van der Waals surface area contributed by atoms with Crippen molar-refractivity contribution in [1.82, 2.24) is 4.90 Å². The summed E-state index contributed by atoms with van der Waals surface area (Å²) >= 11 is 0. The summed E-state index contributed by atoms with van der Waals surface area (Å²) < 4.78 is 10.7. The maximum Gasteiger partial charge on any atom is 0.125 e. The van der Waals surface area contributed by atoms with Crippen LogP contribution in [0.2, 0.25) is 0 Å². The maximum absolute atomic E-state index is 5.96. The lowest BCUT2D eigenvalue weighted by Crippen LogP contribution is -2.39. The smallest absolute Gasteiger partial charge is 0.125 e. The van der Waals surface area contributed by atoms with Gasteiger partial charge >= 0.3 is 0 Å². The molecular weight excluding hydrogens is 240 g/mol. The molecule has 0 aromatic heterocycles. The summed E-state index contributed by atoms with van der Waals surface area (Å²) in [5, 5.41) is 0. The van der Waals surface area contributed by atoms with Crippen LogP contribution in [0.1, 0.15) is 12.5 Å². The van der Waals surface area contributed by atoms with Crippen molar-refractivity contribution >= 4 is 0 Å². The van der Waals surface area contributed by atoms with Gasteiger partial charge in [0.05, 0.1) is 14.2 Å². The molecule has 1 atom stereocenters. The van der Waals surface area contributed by atoms with Crippen LogP contribution in [0.25, 0.3) is 0 Å². The van der Waals surface area contributed by atoms with E-state index in [1.54, 1.807) is 14.2 Å². The van der Waals surface area contributed by atoms with Crippen LogP contribution in [0, 0.1) is 5.41 Å². The van der Waals surface area contributed by atoms with Crippen molar-refractivity contribution in [3.63, 3.8) is 0 Å². The van der Waals surface area contributed by atoms with Gasteiger partial charge in [-0.15, -0.1) is 0 Å². The topological polar surface area (TPSA) is 47.7 Å². The van der Waals surface area contributed by atoms with Gasteiger partial charge in [-0.25, -0.2) is 0 Å². The van der Waals surface area contributed by atoms with Crippen LogP contribution >= 0.6 is 0 Å². The number of hydrogen-bond acceptors (Lipinski definition) is 4. The highest BCUT2D eigenvalue weighted by Crippen LogP contribution is 2.30. The predicted octanol–water partition coefficient (Wildman–Crippen LogP) is 1.77. The molecule has 1 aromatic rings. The fraction of sp³-hybridized carbons (Fsp3) is 0.600. The lowest BCUT2D eigenvalue weighted by Gasteiger charge is -2.31. The van der Waals surface area contributed by atoms with Crippen LogP contribution in [-0.2, 0) is 6.42 Å². The van der Waals surface area contributed by atoms with E-state index in [-0.39, 0.29) is 5.41 Å². The van der Waals surface area contributed by atoms with E-state index in [1.807, 2.05) is 12.1 Å². The van der Waals surface area contributed by atoms with Crippen molar-refractivity contribution in [2.24, 2.45) is 11.1 Å². The summed E-state index contributed by atoms with van der Waals surface area (Å²) in [5.74, 6) is 1.67. The van der Waals surface area contributed by atoms with Gasteiger partial charge in [0.2, 0.25) is 0 Å². The molecule has 0 saturated carbocycles. The number of hydrogen-bond donors (Lipinski definition) is 1. The zero-order chi connectivity index (χ0) is 14.5. The number of nitrogens with zero attached hydrogens (tertiary/aromatic N) is 1. The normalized spacial score (nSPS) is 14.3. The van der Waals surface area contributed by atoms with Crippen molar-refractivity contribution in [2.75, 3.05) is 41.4 Å².